The third-order valence-corrected chi connectivity index (χ3v) is 6.15. The summed E-state index contributed by atoms with van der Waals surface area (Å²) in [5, 5.41) is 12.6. The van der Waals surface area contributed by atoms with E-state index in [-0.39, 0.29) is 25.3 Å². The molecule has 4 rings (SSSR count). The molecular formula is C26H35N5O4. The lowest BCUT2D eigenvalue weighted by atomic mass is 10.1. The second kappa shape index (κ2) is 10.4. The number of hydrogen-bond acceptors (Lipinski definition) is 6. The average molecular weight is 482 g/mol. The van der Waals surface area contributed by atoms with Crippen LogP contribution in [0.4, 0.5) is 15.4 Å². The molecular weight excluding hydrogens is 446 g/mol. The van der Waals surface area contributed by atoms with Crippen LogP contribution in [0, 0.1) is 6.92 Å². The zero-order valence-corrected chi connectivity index (χ0v) is 21.2. The molecule has 0 saturated carbocycles. The van der Waals surface area contributed by atoms with Crippen LogP contribution in [0.15, 0.2) is 24.3 Å². The molecule has 2 N–H and O–H groups in total. The molecule has 2 aromatic heterocycles. The summed E-state index contributed by atoms with van der Waals surface area (Å²) in [6, 6.07) is 8.10. The number of nitrogens with one attached hydrogen (secondary N) is 2. The van der Waals surface area contributed by atoms with Gasteiger partial charge >= 0.3 is 12.2 Å². The van der Waals surface area contributed by atoms with E-state index >= 15 is 0 Å². The van der Waals surface area contributed by atoms with Gasteiger partial charge in [-0.25, -0.2) is 14.1 Å². The van der Waals surface area contributed by atoms with Crippen molar-refractivity contribution in [2.75, 3.05) is 18.0 Å². The highest BCUT2D eigenvalue weighted by atomic mass is 16.6. The van der Waals surface area contributed by atoms with E-state index in [9.17, 15) is 9.59 Å². The van der Waals surface area contributed by atoms with Gasteiger partial charge in [-0.15, -0.1) is 5.10 Å². The van der Waals surface area contributed by atoms with E-state index < -0.39 is 12.2 Å². The van der Waals surface area contributed by atoms with Gasteiger partial charge in [-0.2, -0.15) is 0 Å². The molecule has 1 saturated heterocycles. The van der Waals surface area contributed by atoms with E-state index in [0.29, 0.717) is 0 Å². The fourth-order valence-corrected chi connectivity index (χ4v) is 4.56. The Labute approximate surface area is 205 Å². The normalized spacial score (nSPS) is 13.7. The minimum atomic E-state index is -0.493. The summed E-state index contributed by atoms with van der Waals surface area (Å²) >= 11 is 0. The van der Waals surface area contributed by atoms with Crippen molar-refractivity contribution < 1.29 is 19.1 Å². The number of benzene rings is 1. The molecule has 188 valence electrons. The molecule has 3 heterocycles. The van der Waals surface area contributed by atoms with Gasteiger partial charge in [0.1, 0.15) is 13.2 Å². The SMILES string of the molecule is Cc1c(COC(=O)NC(C)C)c(COC(=O)NC(C)C)c2c3ccccc3c(N3CCCC3)nn12. The first-order valence-electron chi connectivity index (χ1n) is 12.3. The fourth-order valence-electron chi connectivity index (χ4n) is 4.56. The number of amides is 2. The van der Waals surface area contributed by atoms with E-state index in [1.54, 1.807) is 0 Å². The quantitative estimate of drug-likeness (QED) is 0.509. The molecule has 1 aliphatic heterocycles. The summed E-state index contributed by atoms with van der Waals surface area (Å²) in [6.45, 7) is 11.5. The molecule has 9 nitrogen and oxygen atoms in total. The predicted octanol–water partition coefficient (Wildman–Crippen LogP) is 4.67. The number of aromatic nitrogens is 2. The van der Waals surface area contributed by atoms with Crippen LogP contribution < -0.4 is 15.5 Å². The summed E-state index contributed by atoms with van der Waals surface area (Å²) in [4.78, 5) is 26.9. The van der Waals surface area contributed by atoms with Crippen LogP contribution in [0.5, 0.6) is 0 Å². The Kier molecular flexibility index (Phi) is 7.33. The van der Waals surface area contributed by atoms with Crippen molar-refractivity contribution >= 4 is 34.3 Å². The van der Waals surface area contributed by atoms with Gasteiger partial charge in [-0.3, -0.25) is 0 Å². The van der Waals surface area contributed by atoms with E-state index in [1.807, 2.05) is 51.3 Å². The monoisotopic (exact) mass is 481 g/mol. The third-order valence-electron chi connectivity index (χ3n) is 6.15. The predicted molar refractivity (Wildman–Crippen MR) is 136 cm³/mol. The molecule has 1 aromatic carbocycles. The molecule has 3 aromatic rings. The Bertz CT molecular complexity index is 1230. The smallest absolute Gasteiger partial charge is 0.407 e. The van der Waals surface area contributed by atoms with Gasteiger partial charge in [0, 0.05) is 52.8 Å². The maximum Gasteiger partial charge on any atom is 0.407 e. The largest absolute Gasteiger partial charge is 0.445 e. The maximum atomic E-state index is 12.3. The van der Waals surface area contributed by atoms with E-state index in [2.05, 4.69) is 27.7 Å². The molecule has 1 aliphatic rings. The number of ether oxygens (including phenoxy) is 2. The lowest BCUT2D eigenvalue weighted by Gasteiger charge is -2.19. The highest BCUT2D eigenvalue weighted by molar-refractivity contribution is 6.03. The standard InChI is InChI=1S/C26H35N5O4/c1-16(2)27-25(32)34-14-21-18(5)31-23(22(21)15-35-26(33)28-17(3)4)19-10-6-7-11-20(19)24(29-31)30-12-8-9-13-30/h6-7,10-11,16-17H,8-9,12-15H2,1-5H3,(H,27,32)(H,28,33). The summed E-state index contributed by atoms with van der Waals surface area (Å²) in [6.07, 6.45) is 1.31. The van der Waals surface area contributed by atoms with Crippen LogP contribution in [0.25, 0.3) is 16.3 Å². The number of alkyl carbamates (subject to hydrolysis) is 2. The van der Waals surface area contributed by atoms with Crippen molar-refractivity contribution in [2.45, 2.75) is 72.8 Å². The average Bonchev–Trinajstić information content (AvgIpc) is 3.42. The fraction of sp³-hybridized carbons (Fsp3) is 0.500. The molecule has 0 spiro atoms. The first kappa shape index (κ1) is 24.6. The van der Waals surface area contributed by atoms with Gasteiger partial charge in [0.25, 0.3) is 0 Å². The van der Waals surface area contributed by atoms with Gasteiger partial charge < -0.3 is 25.0 Å². The van der Waals surface area contributed by atoms with Crippen LogP contribution >= 0.6 is 0 Å². The first-order valence-corrected chi connectivity index (χ1v) is 12.3. The maximum absolute atomic E-state index is 12.3. The second-order valence-electron chi connectivity index (χ2n) is 9.62. The number of aryl methyl sites for hydroxylation is 1. The topological polar surface area (TPSA) is 97.2 Å². The number of anilines is 1. The Morgan fingerprint density at radius 1 is 0.914 bits per heavy atom. The van der Waals surface area contributed by atoms with Crippen molar-refractivity contribution in [3.63, 3.8) is 0 Å². The van der Waals surface area contributed by atoms with Gasteiger partial charge in [0.15, 0.2) is 5.82 Å². The molecule has 35 heavy (non-hydrogen) atoms. The highest BCUT2D eigenvalue weighted by Gasteiger charge is 2.25. The third kappa shape index (κ3) is 5.28. The molecule has 2 amide bonds. The zero-order chi connectivity index (χ0) is 25.1. The van der Waals surface area contributed by atoms with E-state index in [0.717, 1.165) is 64.9 Å². The lowest BCUT2D eigenvalue weighted by Crippen LogP contribution is -2.31. The van der Waals surface area contributed by atoms with Crippen molar-refractivity contribution in [1.29, 1.82) is 0 Å². The van der Waals surface area contributed by atoms with Crippen LogP contribution in [0.1, 0.15) is 57.4 Å². The number of fused-ring (bicyclic) bond motifs is 3. The summed E-state index contributed by atoms with van der Waals surface area (Å²) in [5.74, 6) is 0.943. The summed E-state index contributed by atoms with van der Waals surface area (Å²) < 4.78 is 13.1. The Balaban J connectivity index is 1.82. The van der Waals surface area contributed by atoms with Gasteiger partial charge in [-0.05, 0) is 47.5 Å². The second-order valence-corrected chi connectivity index (χ2v) is 9.62. The summed E-state index contributed by atoms with van der Waals surface area (Å²) in [7, 11) is 0. The van der Waals surface area contributed by atoms with Crippen LogP contribution in [0.3, 0.4) is 0 Å². The van der Waals surface area contributed by atoms with Crippen molar-refractivity contribution in [1.82, 2.24) is 20.2 Å². The zero-order valence-electron chi connectivity index (χ0n) is 21.2. The molecule has 1 fully saturated rings. The molecule has 0 unspecified atom stereocenters. The molecule has 0 atom stereocenters. The number of hydrogen-bond donors (Lipinski definition) is 2. The molecule has 0 aliphatic carbocycles. The molecule has 0 bridgehead atoms. The molecule has 9 heteroatoms. The van der Waals surface area contributed by atoms with Gasteiger partial charge in [0.05, 0.1) is 5.52 Å². The van der Waals surface area contributed by atoms with Gasteiger partial charge in [0.2, 0.25) is 0 Å². The minimum absolute atomic E-state index is 0.0344. The summed E-state index contributed by atoms with van der Waals surface area (Å²) in [5.41, 5.74) is 3.29. The first-order chi connectivity index (χ1) is 16.8. The van der Waals surface area contributed by atoms with Crippen LogP contribution in [-0.2, 0) is 22.7 Å². The van der Waals surface area contributed by atoms with Crippen LogP contribution in [0.2, 0.25) is 0 Å². The van der Waals surface area contributed by atoms with E-state index in [4.69, 9.17) is 14.6 Å². The highest BCUT2D eigenvalue weighted by Crippen LogP contribution is 2.35. The van der Waals surface area contributed by atoms with Crippen molar-refractivity contribution in [3.8, 4) is 0 Å². The van der Waals surface area contributed by atoms with Crippen LogP contribution in [-0.4, -0.2) is 47.0 Å². The van der Waals surface area contributed by atoms with Crippen molar-refractivity contribution in [2.24, 2.45) is 0 Å². The van der Waals surface area contributed by atoms with Gasteiger partial charge in [-0.1, -0.05) is 24.3 Å². The minimum Gasteiger partial charge on any atom is -0.445 e. The van der Waals surface area contributed by atoms with Crippen molar-refractivity contribution in [3.05, 3.63) is 41.1 Å². The number of nitrogens with zero attached hydrogens (tertiary/aromatic N) is 3. The lowest BCUT2D eigenvalue weighted by molar-refractivity contribution is 0.129. The Morgan fingerprint density at radius 2 is 1.46 bits per heavy atom. The Hall–Kier alpha value is -3.49. The Morgan fingerprint density at radius 3 is 2.03 bits per heavy atom. The number of carbonyl (C=O) groups excluding carboxylic acids is 2. The number of carbonyl (C=O) groups is 2. The number of rotatable bonds is 7. The van der Waals surface area contributed by atoms with E-state index in [1.165, 1.54) is 0 Å². The molecule has 0 radical (unpaired) electrons.